The van der Waals surface area contributed by atoms with Crippen LogP contribution in [0.15, 0.2) is 60.7 Å². The van der Waals surface area contributed by atoms with Gasteiger partial charge >= 0.3 is 5.97 Å². The molecule has 25 heavy (non-hydrogen) atoms. The van der Waals surface area contributed by atoms with Crippen LogP contribution in [-0.2, 0) is 9.53 Å². The molecule has 3 heteroatoms. The molecule has 1 aliphatic heterocycles. The van der Waals surface area contributed by atoms with Crippen molar-refractivity contribution in [2.75, 3.05) is 26.2 Å². The van der Waals surface area contributed by atoms with E-state index in [0.29, 0.717) is 6.61 Å². The number of carbonyl (C=O) groups excluding carboxylic acids is 1. The van der Waals surface area contributed by atoms with Crippen molar-refractivity contribution in [3.05, 3.63) is 71.8 Å². The van der Waals surface area contributed by atoms with E-state index < -0.39 is 0 Å². The zero-order valence-corrected chi connectivity index (χ0v) is 14.8. The number of likely N-dealkylation sites (tertiary alicyclic amines) is 1. The predicted octanol–water partition coefficient (Wildman–Crippen LogP) is 4.24. The van der Waals surface area contributed by atoms with Crippen LogP contribution in [0.1, 0.15) is 42.7 Å². The normalized spacial score (nSPS) is 15.2. The third-order valence-corrected chi connectivity index (χ3v) is 4.81. The molecule has 0 aromatic heterocycles. The summed E-state index contributed by atoms with van der Waals surface area (Å²) in [4.78, 5) is 15.2. The van der Waals surface area contributed by atoms with Crippen molar-refractivity contribution in [2.45, 2.75) is 31.6 Å². The summed E-state index contributed by atoms with van der Waals surface area (Å²) in [5, 5.41) is 0. The smallest absolute Gasteiger partial charge is 0.317 e. The average Bonchev–Trinajstić information content (AvgIpc) is 2.68. The lowest BCUT2D eigenvalue weighted by Crippen LogP contribution is -2.31. The lowest BCUT2D eigenvalue weighted by atomic mass is 9.91. The molecule has 1 fully saturated rings. The molecule has 1 aliphatic rings. The lowest BCUT2D eigenvalue weighted by Gasteiger charge is -2.26. The Bertz CT molecular complexity index is 596. The van der Waals surface area contributed by atoms with E-state index in [1.54, 1.807) is 0 Å². The van der Waals surface area contributed by atoms with E-state index in [0.717, 1.165) is 24.1 Å². The van der Waals surface area contributed by atoms with E-state index in [1.165, 1.54) is 32.4 Å². The Labute approximate surface area is 150 Å². The fraction of sp³-hybridized carbons (Fsp3) is 0.409. The van der Waals surface area contributed by atoms with Gasteiger partial charge in [-0.1, -0.05) is 67.1 Å². The zero-order chi connectivity index (χ0) is 17.3. The van der Waals surface area contributed by atoms with Crippen LogP contribution >= 0.6 is 0 Å². The summed E-state index contributed by atoms with van der Waals surface area (Å²) in [5.74, 6) is -0.506. The van der Waals surface area contributed by atoms with Gasteiger partial charge in [-0.05, 0) is 43.5 Å². The lowest BCUT2D eigenvalue weighted by molar-refractivity contribution is -0.144. The molecule has 0 bridgehead atoms. The fourth-order valence-electron chi connectivity index (χ4n) is 3.48. The highest BCUT2D eigenvalue weighted by molar-refractivity contribution is 5.82. The molecule has 0 aliphatic carbocycles. The highest BCUT2D eigenvalue weighted by Gasteiger charge is 2.24. The van der Waals surface area contributed by atoms with Gasteiger partial charge in [-0.25, -0.2) is 0 Å². The van der Waals surface area contributed by atoms with Gasteiger partial charge in [-0.3, -0.25) is 4.79 Å². The zero-order valence-electron chi connectivity index (χ0n) is 14.8. The van der Waals surface area contributed by atoms with Crippen LogP contribution in [0.25, 0.3) is 0 Å². The van der Waals surface area contributed by atoms with Gasteiger partial charge in [0.25, 0.3) is 0 Å². The Morgan fingerprint density at radius 2 is 1.44 bits per heavy atom. The first-order valence-corrected chi connectivity index (χ1v) is 9.33. The maximum atomic E-state index is 12.8. The van der Waals surface area contributed by atoms with Crippen molar-refractivity contribution in [3.8, 4) is 0 Å². The molecule has 3 nitrogen and oxygen atoms in total. The van der Waals surface area contributed by atoms with Crippen LogP contribution in [0.2, 0.25) is 0 Å². The van der Waals surface area contributed by atoms with E-state index in [-0.39, 0.29) is 11.9 Å². The van der Waals surface area contributed by atoms with Gasteiger partial charge in [0.2, 0.25) is 0 Å². The summed E-state index contributed by atoms with van der Waals surface area (Å²) in [6, 6.07) is 19.8. The molecule has 0 spiro atoms. The van der Waals surface area contributed by atoms with Crippen molar-refractivity contribution in [3.63, 3.8) is 0 Å². The first-order chi connectivity index (χ1) is 12.3. The highest BCUT2D eigenvalue weighted by Crippen LogP contribution is 2.26. The summed E-state index contributed by atoms with van der Waals surface area (Å²) in [7, 11) is 0. The van der Waals surface area contributed by atoms with Gasteiger partial charge < -0.3 is 9.64 Å². The number of hydrogen-bond acceptors (Lipinski definition) is 3. The Balaban J connectivity index is 1.58. The molecule has 0 saturated carbocycles. The van der Waals surface area contributed by atoms with Gasteiger partial charge in [-0.15, -0.1) is 0 Å². The standard InChI is InChI=1S/C22H27NO2/c24-22(25-18-10-17-23-15-8-3-9-16-23)21(19-11-4-1-5-12-19)20-13-6-2-7-14-20/h1-2,4-7,11-14,21H,3,8-10,15-18H2. The third-order valence-electron chi connectivity index (χ3n) is 4.81. The second-order valence-corrected chi connectivity index (χ2v) is 6.68. The van der Waals surface area contributed by atoms with E-state index in [1.807, 2.05) is 60.7 Å². The van der Waals surface area contributed by atoms with Gasteiger partial charge in [0.05, 0.1) is 6.61 Å². The minimum absolute atomic E-state index is 0.156. The molecular formula is C22H27NO2. The molecule has 1 saturated heterocycles. The number of hydrogen-bond donors (Lipinski definition) is 0. The maximum absolute atomic E-state index is 12.8. The molecular weight excluding hydrogens is 310 g/mol. The third kappa shape index (κ3) is 5.17. The molecule has 2 aromatic carbocycles. The van der Waals surface area contributed by atoms with E-state index in [4.69, 9.17) is 4.74 Å². The maximum Gasteiger partial charge on any atom is 0.317 e. The number of benzene rings is 2. The van der Waals surface area contributed by atoms with Crippen LogP contribution in [0.3, 0.4) is 0 Å². The average molecular weight is 337 g/mol. The summed E-state index contributed by atoms with van der Waals surface area (Å²) in [6.07, 6.45) is 4.84. The summed E-state index contributed by atoms with van der Waals surface area (Å²) < 4.78 is 5.64. The number of piperidine rings is 1. The van der Waals surface area contributed by atoms with E-state index in [9.17, 15) is 4.79 Å². The van der Waals surface area contributed by atoms with Crippen LogP contribution in [-0.4, -0.2) is 37.1 Å². The highest BCUT2D eigenvalue weighted by atomic mass is 16.5. The van der Waals surface area contributed by atoms with E-state index >= 15 is 0 Å². The molecule has 132 valence electrons. The number of ether oxygens (including phenoxy) is 1. The fourth-order valence-corrected chi connectivity index (χ4v) is 3.48. The van der Waals surface area contributed by atoms with Crippen molar-refractivity contribution in [2.24, 2.45) is 0 Å². The monoisotopic (exact) mass is 337 g/mol. The SMILES string of the molecule is O=C(OCCCN1CCCCC1)C(c1ccccc1)c1ccccc1. The van der Waals surface area contributed by atoms with Gasteiger partial charge in [0.1, 0.15) is 5.92 Å². The number of esters is 1. The Hall–Kier alpha value is -2.13. The summed E-state index contributed by atoms with van der Waals surface area (Å²) in [5.41, 5.74) is 1.96. The molecule has 0 N–H and O–H groups in total. The van der Waals surface area contributed by atoms with Crippen LogP contribution in [0, 0.1) is 0 Å². The van der Waals surface area contributed by atoms with Crippen molar-refractivity contribution in [1.29, 1.82) is 0 Å². The predicted molar refractivity (Wildman–Crippen MR) is 101 cm³/mol. The molecule has 3 rings (SSSR count). The largest absolute Gasteiger partial charge is 0.465 e. The molecule has 1 heterocycles. The van der Waals surface area contributed by atoms with Crippen LogP contribution in [0.5, 0.6) is 0 Å². The van der Waals surface area contributed by atoms with Gasteiger partial charge in [0, 0.05) is 6.54 Å². The molecule has 0 unspecified atom stereocenters. The molecule has 2 aromatic rings. The first kappa shape index (κ1) is 17.7. The van der Waals surface area contributed by atoms with Gasteiger partial charge in [0.15, 0.2) is 0 Å². The second-order valence-electron chi connectivity index (χ2n) is 6.68. The van der Waals surface area contributed by atoms with E-state index in [2.05, 4.69) is 4.90 Å². The molecule has 0 radical (unpaired) electrons. The Morgan fingerprint density at radius 3 is 2.00 bits per heavy atom. The molecule has 0 atom stereocenters. The molecule has 0 amide bonds. The van der Waals surface area contributed by atoms with Crippen LogP contribution < -0.4 is 0 Å². The summed E-state index contributed by atoms with van der Waals surface area (Å²) >= 11 is 0. The van der Waals surface area contributed by atoms with Crippen molar-refractivity contribution >= 4 is 5.97 Å². The van der Waals surface area contributed by atoms with Gasteiger partial charge in [-0.2, -0.15) is 0 Å². The van der Waals surface area contributed by atoms with Crippen molar-refractivity contribution in [1.82, 2.24) is 4.90 Å². The second kappa shape index (κ2) is 9.38. The first-order valence-electron chi connectivity index (χ1n) is 9.33. The Kier molecular flexibility index (Phi) is 6.63. The Morgan fingerprint density at radius 1 is 0.880 bits per heavy atom. The number of carbonyl (C=O) groups is 1. The number of nitrogens with zero attached hydrogens (tertiary/aromatic N) is 1. The minimum Gasteiger partial charge on any atom is -0.465 e. The van der Waals surface area contributed by atoms with Crippen molar-refractivity contribution < 1.29 is 9.53 Å². The summed E-state index contributed by atoms with van der Waals surface area (Å²) in [6.45, 7) is 3.88. The minimum atomic E-state index is -0.350. The quantitative estimate of drug-likeness (QED) is 0.559. The number of rotatable bonds is 7. The topological polar surface area (TPSA) is 29.5 Å². The van der Waals surface area contributed by atoms with Crippen LogP contribution in [0.4, 0.5) is 0 Å².